The molecule has 0 radical (unpaired) electrons. The number of carbonyl (C=O) groups is 2. The van der Waals surface area contributed by atoms with Crippen molar-refractivity contribution in [2.45, 2.75) is 43.4 Å². The fourth-order valence-corrected chi connectivity index (χ4v) is 7.92. The Kier molecular flexibility index (Phi) is 6.64. The van der Waals surface area contributed by atoms with E-state index in [0.29, 0.717) is 17.8 Å². The SMILES string of the molecule is COc1cc(S(=O)(=O)Nc2ccccc2F)cc(C(=O)OCC(=O)C23CC4CC(CC(C4)C2)C3)c1OC. The van der Waals surface area contributed by atoms with E-state index in [2.05, 4.69) is 4.72 Å². The van der Waals surface area contributed by atoms with Crippen molar-refractivity contribution in [2.24, 2.45) is 23.2 Å². The Bertz CT molecular complexity index is 1300. The second kappa shape index (κ2) is 9.63. The fraction of sp³-hybridized carbons (Fsp3) is 0.481. The first-order valence-electron chi connectivity index (χ1n) is 12.4. The third kappa shape index (κ3) is 4.79. The zero-order chi connectivity index (χ0) is 26.4. The molecule has 0 saturated heterocycles. The number of ketones is 1. The average molecular weight is 532 g/mol. The molecule has 4 aliphatic rings. The normalized spacial score (nSPS) is 26.0. The van der Waals surface area contributed by atoms with E-state index in [1.54, 1.807) is 0 Å². The van der Waals surface area contributed by atoms with Crippen LogP contribution in [0.3, 0.4) is 0 Å². The second-order valence-electron chi connectivity index (χ2n) is 10.5. The van der Waals surface area contributed by atoms with Crippen LogP contribution in [0.1, 0.15) is 48.9 Å². The molecule has 198 valence electrons. The molecule has 37 heavy (non-hydrogen) atoms. The minimum absolute atomic E-state index is 0.0282. The van der Waals surface area contributed by atoms with Gasteiger partial charge in [0.15, 0.2) is 23.9 Å². The number of hydrogen-bond donors (Lipinski definition) is 1. The van der Waals surface area contributed by atoms with Gasteiger partial charge in [-0.25, -0.2) is 17.6 Å². The number of ether oxygens (including phenoxy) is 3. The summed E-state index contributed by atoms with van der Waals surface area (Å²) in [7, 11) is -1.71. The van der Waals surface area contributed by atoms with E-state index in [9.17, 15) is 22.4 Å². The maximum Gasteiger partial charge on any atom is 0.342 e. The van der Waals surface area contributed by atoms with E-state index in [1.165, 1.54) is 57.7 Å². The second-order valence-corrected chi connectivity index (χ2v) is 12.2. The molecule has 0 atom stereocenters. The summed E-state index contributed by atoms with van der Waals surface area (Å²) in [6.07, 6.45) is 6.11. The number of Topliss-reactive ketones (excluding diaryl/α,β-unsaturated/α-hetero) is 1. The molecule has 0 amide bonds. The van der Waals surface area contributed by atoms with Crippen molar-refractivity contribution < 1.29 is 36.6 Å². The smallest absolute Gasteiger partial charge is 0.342 e. The van der Waals surface area contributed by atoms with E-state index >= 15 is 0 Å². The topological polar surface area (TPSA) is 108 Å². The van der Waals surface area contributed by atoms with Gasteiger partial charge >= 0.3 is 5.97 Å². The third-order valence-electron chi connectivity index (χ3n) is 8.06. The number of anilines is 1. The van der Waals surface area contributed by atoms with Crippen molar-refractivity contribution in [2.75, 3.05) is 25.5 Å². The molecule has 6 rings (SSSR count). The molecule has 4 aliphatic carbocycles. The number of methoxy groups -OCH3 is 2. The minimum Gasteiger partial charge on any atom is -0.493 e. The molecule has 4 fully saturated rings. The molecule has 0 spiro atoms. The van der Waals surface area contributed by atoms with Crippen LogP contribution < -0.4 is 14.2 Å². The number of benzene rings is 2. The van der Waals surface area contributed by atoms with Gasteiger partial charge in [-0.3, -0.25) is 9.52 Å². The number of nitrogens with one attached hydrogen (secondary N) is 1. The predicted molar refractivity (Wildman–Crippen MR) is 133 cm³/mol. The van der Waals surface area contributed by atoms with Crippen molar-refractivity contribution in [1.82, 2.24) is 0 Å². The van der Waals surface area contributed by atoms with Gasteiger partial charge < -0.3 is 14.2 Å². The number of carbonyl (C=O) groups excluding carboxylic acids is 2. The summed E-state index contributed by atoms with van der Waals surface area (Å²) in [5.41, 5.74) is -0.886. The first kappa shape index (κ1) is 25.5. The highest BCUT2D eigenvalue weighted by Crippen LogP contribution is 2.60. The minimum atomic E-state index is -4.31. The number of para-hydroxylation sites is 1. The summed E-state index contributed by atoms with van der Waals surface area (Å²) in [5.74, 6) is -0.0865. The molecule has 10 heteroatoms. The highest BCUT2D eigenvalue weighted by atomic mass is 32.2. The van der Waals surface area contributed by atoms with Crippen molar-refractivity contribution in [1.29, 1.82) is 0 Å². The molecule has 0 aliphatic heterocycles. The third-order valence-corrected chi connectivity index (χ3v) is 9.41. The molecule has 4 bridgehead atoms. The fourth-order valence-electron chi connectivity index (χ4n) is 6.81. The molecule has 2 aromatic rings. The van der Waals surface area contributed by atoms with E-state index in [0.717, 1.165) is 31.4 Å². The van der Waals surface area contributed by atoms with Crippen LogP contribution >= 0.6 is 0 Å². The Labute approximate surface area is 215 Å². The molecule has 0 aromatic heterocycles. The highest BCUT2D eigenvalue weighted by Gasteiger charge is 2.54. The van der Waals surface area contributed by atoms with Crippen molar-refractivity contribution in [3.63, 3.8) is 0 Å². The Hall–Kier alpha value is -3.14. The van der Waals surface area contributed by atoms with Gasteiger partial charge in [0.25, 0.3) is 10.0 Å². The zero-order valence-electron chi connectivity index (χ0n) is 20.8. The van der Waals surface area contributed by atoms with Gasteiger partial charge in [0.2, 0.25) is 0 Å². The lowest BCUT2D eigenvalue weighted by atomic mass is 9.48. The van der Waals surface area contributed by atoms with Crippen LogP contribution in [-0.4, -0.2) is 41.0 Å². The number of hydrogen-bond acceptors (Lipinski definition) is 7. The van der Waals surface area contributed by atoms with Crippen molar-refractivity contribution in [3.8, 4) is 11.5 Å². The van der Waals surface area contributed by atoms with E-state index in [1.807, 2.05) is 0 Å². The monoisotopic (exact) mass is 531 g/mol. The molecule has 1 N–H and O–H groups in total. The Morgan fingerprint density at radius 3 is 2.19 bits per heavy atom. The van der Waals surface area contributed by atoms with Crippen LogP contribution in [0.2, 0.25) is 0 Å². The van der Waals surface area contributed by atoms with Gasteiger partial charge in [-0.2, -0.15) is 0 Å². The van der Waals surface area contributed by atoms with E-state index in [-0.39, 0.29) is 40.0 Å². The largest absolute Gasteiger partial charge is 0.493 e. The Morgan fingerprint density at radius 1 is 1.00 bits per heavy atom. The molecule has 4 saturated carbocycles. The Morgan fingerprint density at radius 2 is 1.62 bits per heavy atom. The standard InChI is InChI=1S/C27H30FNO7S/c1-34-23-11-19(37(32,33)29-22-6-4-3-5-21(22)28)10-20(25(23)35-2)26(31)36-15-24(30)27-12-16-7-17(13-27)9-18(8-16)14-27/h3-6,10-11,16-18,29H,7-9,12-15H2,1-2H3. The highest BCUT2D eigenvalue weighted by molar-refractivity contribution is 7.92. The maximum atomic E-state index is 14.1. The van der Waals surface area contributed by atoms with Crippen LogP contribution in [0, 0.1) is 29.0 Å². The molecular formula is C27H30FNO7S. The number of esters is 1. The van der Waals surface area contributed by atoms with Crippen LogP contribution in [0.15, 0.2) is 41.3 Å². The lowest BCUT2D eigenvalue weighted by Gasteiger charge is -2.55. The quantitative estimate of drug-likeness (QED) is 0.472. The zero-order valence-corrected chi connectivity index (χ0v) is 21.6. The van der Waals surface area contributed by atoms with Crippen LogP contribution in [0.5, 0.6) is 11.5 Å². The summed E-state index contributed by atoms with van der Waals surface area (Å²) >= 11 is 0. The molecule has 2 aromatic carbocycles. The summed E-state index contributed by atoms with van der Waals surface area (Å²) in [6.45, 7) is -0.388. The first-order chi connectivity index (χ1) is 17.6. The number of halogens is 1. The lowest BCUT2D eigenvalue weighted by molar-refractivity contribution is -0.147. The van der Waals surface area contributed by atoms with Crippen LogP contribution in [0.4, 0.5) is 10.1 Å². The van der Waals surface area contributed by atoms with Gasteiger partial charge in [-0.05, 0) is 74.5 Å². The molecule has 0 unspecified atom stereocenters. The van der Waals surface area contributed by atoms with E-state index in [4.69, 9.17) is 14.2 Å². The summed E-state index contributed by atoms with van der Waals surface area (Å²) < 4.78 is 58.3. The van der Waals surface area contributed by atoms with Crippen LogP contribution in [-0.2, 0) is 19.6 Å². The van der Waals surface area contributed by atoms with Crippen molar-refractivity contribution >= 4 is 27.5 Å². The van der Waals surface area contributed by atoms with Gasteiger partial charge in [0.1, 0.15) is 11.4 Å². The van der Waals surface area contributed by atoms with E-state index < -0.39 is 27.2 Å². The van der Waals surface area contributed by atoms with Crippen LogP contribution in [0.25, 0.3) is 0 Å². The average Bonchev–Trinajstić information content (AvgIpc) is 2.86. The summed E-state index contributed by atoms with van der Waals surface area (Å²) in [5, 5.41) is 0. The summed E-state index contributed by atoms with van der Waals surface area (Å²) in [6, 6.07) is 7.55. The Balaban J connectivity index is 1.38. The predicted octanol–water partition coefficient (Wildman–Crippen LogP) is 4.59. The van der Waals surface area contributed by atoms with Gasteiger partial charge in [-0.1, -0.05) is 12.1 Å². The molecular weight excluding hydrogens is 501 g/mol. The first-order valence-corrected chi connectivity index (χ1v) is 13.9. The summed E-state index contributed by atoms with van der Waals surface area (Å²) in [4.78, 5) is 26.1. The number of rotatable bonds is 9. The van der Waals surface area contributed by atoms with Gasteiger partial charge in [-0.15, -0.1) is 0 Å². The molecule has 8 nitrogen and oxygen atoms in total. The van der Waals surface area contributed by atoms with Gasteiger partial charge in [0.05, 0.1) is 24.8 Å². The molecule has 0 heterocycles. The number of sulfonamides is 1. The van der Waals surface area contributed by atoms with Crippen molar-refractivity contribution in [3.05, 3.63) is 47.8 Å². The lowest BCUT2D eigenvalue weighted by Crippen LogP contribution is -2.51. The van der Waals surface area contributed by atoms with Gasteiger partial charge in [0, 0.05) is 11.5 Å². The maximum absolute atomic E-state index is 14.1.